The number of rotatable bonds is 4. The van der Waals surface area contributed by atoms with E-state index in [4.69, 9.17) is 0 Å². The first kappa shape index (κ1) is 25.2. The lowest BCUT2D eigenvalue weighted by Crippen LogP contribution is -2.26. The number of fused-ring (bicyclic) bond motifs is 6. The van der Waals surface area contributed by atoms with Crippen LogP contribution in [0.2, 0.25) is 0 Å². The number of aryl methyl sites for hydroxylation is 1. The van der Waals surface area contributed by atoms with Crippen LogP contribution in [0.5, 0.6) is 0 Å². The van der Waals surface area contributed by atoms with Gasteiger partial charge in [0.15, 0.2) is 0 Å². The Morgan fingerprint density at radius 1 is 0.714 bits per heavy atom. The number of aromatic nitrogens is 1. The van der Waals surface area contributed by atoms with Gasteiger partial charge in [0.1, 0.15) is 0 Å². The third-order valence-corrected chi connectivity index (χ3v) is 11.9. The first-order valence-corrected chi connectivity index (χ1v) is 16.0. The monoisotopic (exact) mass is 557 g/mol. The zero-order chi connectivity index (χ0) is 28.6. The molecule has 1 nitrogen and oxygen atoms in total. The summed E-state index contributed by atoms with van der Waals surface area (Å²) < 4.78 is 2.49. The summed E-state index contributed by atoms with van der Waals surface area (Å²) in [6, 6.07) is 40.9. The molecular formula is C40H32NP. The van der Waals surface area contributed by atoms with E-state index < -0.39 is 7.53 Å². The largest absolute Gasteiger partial charge is 0.309 e. The second-order valence-electron chi connectivity index (χ2n) is 11.9. The molecular weight excluding hydrogens is 525 g/mol. The molecule has 0 amide bonds. The molecule has 0 saturated carbocycles. The molecule has 1 unspecified atom stereocenters. The minimum atomic E-state index is -0.591. The van der Waals surface area contributed by atoms with Crippen molar-refractivity contribution in [3.8, 4) is 22.1 Å². The van der Waals surface area contributed by atoms with Crippen molar-refractivity contribution in [2.75, 3.05) is 0 Å². The third kappa shape index (κ3) is 3.44. The first-order chi connectivity index (χ1) is 20.5. The lowest BCUT2D eigenvalue weighted by Gasteiger charge is -2.34. The van der Waals surface area contributed by atoms with Crippen LogP contribution in [0, 0.1) is 6.92 Å². The molecule has 1 aliphatic heterocycles. The number of benzene rings is 5. The van der Waals surface area contributed by atoms with Crippen molar-refractivity contribution in [2.45, 2.75) is 26.2 Å². The summed E-state index contributed by atoms with van der Waals surface area (Å²) in [7, 11) is -0.591. The molecule has 0 aliphatic carbocycles. The average molecular weight is 558 g/mol. The maximum absolute atomic E-state index is 3.93. The summed E-state index contributed by atoms with van der Waals surface area (Å²) in [5.41, 5.74) is 10.5. The van der Waals surface area contributed by atoms with Crippen LogP contribution in [0.4, 0.5) is 0 Å². The van der Waals surface area contributed by atoms with Crippen molar-refractivity contribution in [3.05, 3.63) is 150 Å². The van der Waals surface area contributed by atoms with Crippen molar-refractivity contribution < 1.29 is 0 Å². The number of para-hydroxylation sites is 2. The standard InChI is InChI=1S/C40H32NP/c1-5-6-19-37-26(2)31-24-28(21-23-38(31)42(37)29-13-8-7-9-14-29)27-20-22-35-32(25-27)30-15-12-17-34-39(30)41(35)36-18-11-10-16-33(36)40(34,3)4/h5-25H,1H2,2-4H3/b19-6-. The van der Waals surface area contributed by atoms with E-state index in [2.05, 4.69) is 153 Å². The van der Waals surface area contributed by atoms with Gasteiger partial charge in [0.05, 0.1) is 16.7 Å². The van der Waals surface area contributed by atoms with Gasteiger partial charge in [0, 0.05) is 26.6 Å². The fourth-order valence-corrected chi connectivity index (χ4v) is 9.88. The predicted octanol–water partition coefficient (Wildman–Crippen LogP) is 11.7. The van der Waals surface area contributed by atoms with Crippen LogP contribution in [0.3, 0.4) is 0 Å². The Balaban J connectivity index is 1.36. The van der Waals surface area contributed by atoms with Crippen LogP contribution in [0.25, 0.3) is 60.5 Å². The molecule has 2 aromatic heterocycles. The van der Waals surface area contributed by atoms with Crippen molar-refractivity contribution in [2.24, 2.45) is 0 Å². The van der Waals surface area contributed by atoms with E-state index in [9.17, 15) is 0 Å². The van der Waals surface area contributed by atoms with Crippen molar-refractivity contribution in [1.82, 2.24) is 4.57 Å². The SMILES string of the molecule is C=C/C=C\c1c(C)c2cc(-c3ccc4c(c3)c3cccc5c3n4-c3ccccc3C5(C)C)ccc2p1-c1ccccc1. The van der Waals surface area contributed by atoms with Gasteiger partial charge in [-0.3, -0.25) is 0 Å². The molecule has 1 atom stereocenters. The maximum Gasteiger partial charge on any atom is 0.0582 e. The van der Waals surface area contributed by atoms with E-state index in [1.165, 1.54) is 76.4 Å². The molecule has 0 bridgehead atoms. The predicted molar refractivity (Wildman–Crippen MR) is 184 cm³/mol. The summed E-state index contributed by atoms with van der Waals surface area (Å²) in [5, 5.41) is 8.24. The summed E-state index contributed by atoms with van der Waals surface area (Å²) in [5.74, 6) is 0. The highest BCUT2D eigenvalue weighted by Crippen LogP contribution is 2.55. The molecule has 0 N–H and O–H groups in total. The molecule has 1 aliphatic rings. The molecule has 2 heteroatoms. The van der Waals surface area contributed by atoms with E-state index >= 15 is 0 Å². The van der Waals surface area contributed by atoms with Gasteiger partial charge in [-0.1, -0.05) is 125 Å². The van der Waals surface area contributed by atoms with Gasteiger partial charge >= 0.3 is 0 Å². The van der Waals surface area contributed by atoms with Gasteiger partial charge in [-0.2, -0.15) is 0 Å². The second-order valence-corrected chi connectivity index (χ2v) is 14.1. The summed E-state index contributed by atoms with van der Waals surface area (Å²) in [4.78, 5) is 0. The Bertz CT molecular complexity index is 2240. The molecule has 0 saturated heterocycles. The van der Waals surface area contributed by atoms with Crippen LogP contribution < -0.4 is 0 Å². The molecule has 8 rings (SSSR count). The fourth-order valence-electron chi connectivity index (χ4n) is 7.21. The van der Waals surface area contributed by atoms with Crippen LogP contribution in [-0.2, 0) is 5.41 Å². The lowest BCUT2D eigenvalue weighted by molar-refractivity contribution is 0.630. The molecule has 202 valence electrons. The Morgan fingerprint density at radius 2 is 1.43 bits per heavy atom. The molecule has 3 heterocycles. The highest BCUT2D eigenvalue weighted by molar-refractivity contribution is 7.64. The van der Waals surface area contributed by atoms with Gasteiger partial charge in [-0.25, -0.2) is 0 Å². The average Bonchev–Trinajstić information content (AvgIpc) is 3.50. The summed E-state index contributed by atoms with van der Waals surface area (Å²) >= 11 is 0. The number of hydrogen-bond donors (Lipinski definition) is 0. The minimum Gasteiger partial charge on any atom is -0.309 e. The van der Waals surface area contributed by atoms with E-state index in [1.807, 2.05) is 6.08 Å². The van der Waals surface area contributed by atoms with E-state index in [-0.39, 0.29) is 5.41 Å². The number of hydrogen-bond acceptors (Lipinski definition) is 0. The van der Waals surface area contributed by atoms with E-state index in [1.54, 1.807) is 0 Å². The van der Waals surface area contributed by atoms with Crippen LogP contribution in [0.1, 0.15) is 35.8 Å². The Labute approximate surface area is 248 Å². The van der Waals surface area contributed by atoms with Crippen LogP contribution >= 0.6 is 7.53 Å². The van der Waals surface area contributed by atoms with Gasteiger partial charge in [0.2, 0.25) is 0 Å². The minimum absolute atomic E-state index is 0.0536. The highest BCUT2D eigenvalue weighted by Gasteiger charge is 2.34. The zero-order valence-corrected chi connectivity index (χ0v) is 25.1. The van der Waals surface area contributed by atoms with Gasteiger partial charge in [-0.05, 0) is 75.8 Å². The van der Waals surface area contributed by atoms with Crippen molar-refractivity contribution >= 4 is 45.9 Å². The van der Waals surface area contributed by atoms with E-state index in [0.717, 1.165) is 0 Å². The fraction of sp³-hybridized carbons (Fsp3) is 0.100. The summed E-state index contributed by atoms with van der Waals surface area (Å²) in [6.45, 7) is 10.9. The topological polar surface area (TPSA) is 4.93 Å². The second kappa shape index (κ2) is 9.21. The van der Waals surface area contributed by atoms with Crippen LogP contribution in [0.15, 0.2) is 128 Å². The maximum atomic E-state index is 3.93. The first-order valence-electron chi connectivity index (χ1n) is 14.7. The number of nitrogens with zero attached hydrogens (tertiary/aromatic N) is 1. The van der Waals surface area contributed by atoms with Gasteiger partial charge < -0.3 is 4.57 Å². The molecule has 0 radical (unpaired) electrons. The normalized spacial score (nSPS) is 14.2. The summed E-state index contributed by atoms with van der Waals surface area (Å²) in [6.07, 6.45) is 6.22. The smallest absolute Gasteiger partial charge is 0.0582 e. The van der Waals surface area contributed by atoms with E-state index in [0.29, 0.717) is 0 Å². The lowest BCUT2D eigenvalue weighted by atomic mass is 9.75. The van der Waals surface area contributed by atoms with Crippen molar-refractivity contribution in [3.63, 3.8) is 0 Å². The molecule has 42 heavy (non-hydrogen) atoms. The zero-order valence-electron chi connectivity index (χ0n) is 24.2. The van der Waals surface area contributed by atoms with Crippen LogP contribution in [-0.4, -0.2) is 4.57 Å². The Kier molecular flexibility index (Phi) is 5.52. The number of allylic oxidation sites excluding steroid dienone is 2. The third-order valence-electron chi connectivity index (χ3n) is 9.28. The Hall–Kier alpha value is -4.58. The van der Waals surface area contributed by atoms with Gasteiger partial charge in [0.25, 0.3) is 0 Å². The molecule has 0 fully saturated rings. The van der Waals surface area contributed by atoms with Crippen molar-refractivity contribution in [1.29, 1.82) is 0 Å². The molecule has 7 aromatic rings. The molecule has 5 aromatic carbocycles. The Morgan fingerprint density at radius 3 is 2.24 bits per heavy atom. The highest BCUT2D eigenvalue weighted by atomic mass is 31.1. The molecule has 0 spiro atoms. The quantitative estimate of drug-likeness (QED) is 0.190. The van der Waals surface area contributed by atoms with Gasteiger partial charge in [-0.15, -0.1) is 0 Å².